The number of hydrogen-bond acceptors (Lipinski definition) is 5. The fourth-order valence-corrected chi connectivity index (χ4v) is 2.50. The van der Waals surface area contributed by atoms with Gasteiger partial charge in [-0.2, -0.15) is 0 Å². The van der Waals surface area contributed by atoms with Crippen LogP contribution in [0.15, 0.2) is 28.1 Å². The van der Waals surface area contributed by atoms with E-state index in [9.17, 15) is 4.79 Å². The summed E-state index contributed by atoms with van der Waals surface area (Å²) in [6, 6.07) is 5.46. The van der Waals surface area contributed by atoms with Gasteiger partial charge in [-0.05, 0) is 31.2 Å². The SMILES string of the molecule is CCC(C)(CCO)NC(=O)c1cc(-c2cccs2)on1. The Morgan fingerprint density at radius 1 is 1.60 bits per heavy atom. The van der Waals surface area contributed by atoms with Crippen molar-refractivity contribution in [3.05, 3.63) is 29.3 Å². The van der Waals surface area contributed by atoms with Gasteiger partial charge in [-0.1, -0.05) is 18.1 Å². The molecule has 108 valence electrons. The van der Waals surface area contributed by atoms with Crippen LogP contribution in [0, 0.1) is 0 Å². The summed E-state index contributed by atoms with van der Waals surface area (Å²) in [4.78, 5) is 13.1. The van der Waals surface area contributed by atoms with Crippen LogP contribution in [0.4, 0.5) is 0 Å². The lowest BCUT2D eigenvalue weighted by atomic mass is 9.95. The number of hydrogen-bond donors (Lipinski definition) is 2. The van der Waals surface area contributed by atoms with E-state index < -0.39 is 5.54 Å². The quantitative estimate of drug-likeness (QED) is 0.859. The number of rotatable bonds is 6. The Balaban J connectivity index is 2.10. The van der Waals surface area contributed by atoms with Crippen LogP contribution < -0.4 is 5.32 Å². The molecular weight excluding hydrogens is 276 g/mol. The van der Waals surface area contributed by atoms with Crippen molar-refractivity contribution in [2.24, 2.45) is 0 Å². The number of nitrogens with one attached hydrogen (secondary N) is 1. The number of nitrogens with zero attached hydrogens (tertiary/aromatic N) is 1. The molecule has 0 bridgehead atoms. The Morgan fingerprint density at radius 3 is 3.00 bits per heavy atom. The van der Waals surface area contributed by atoms with Crippen molar-refractivity contribution in [2.75, 3.05) is 6.61 Å². The fraction of sp³-hybridized carbons (Fsp3) is 0.429. The molecule has 0 radical (unpaired) electrons. The number of aliphatic hydroxyl groups excluding tert-OH is 1. The highest BCUT2D eigenvalue weighted by Crippen LogP contribution is 2.25. The lowest BCUT2D eigenvalue weighted by Gasteiger charge is -2.28. The number of aromatic nitrogens is 1. The molecule has 2 aromatic rings. The summed E-state index contributed by atoms with van der Waals surface area (Å²) in [6.45, 7) is 3.90. The van der Waals surface area contributed by atoms with E-state index in [1.54, 1.807) is 6.07 Å². The van der Waals surface area contributed by atoms with Gasteiger partial charge in [-0.15, -0.1) is 11.3 Å². The maximum atomic E-state index is 12.2. The maximum Gasteiger partial charge on any atom is 0.273 e. The molecule has 0 aliphatic rings. The van der Waals surface area contributed by atoms with Gasteiger partial charge in [0, 0.05) is 18.2 Å². The zero-order chi connectivity index (χ0) is 14.6. The first kappa shape index (κ1) is 14.7. The molecular formula is C14H18N2O3S. The van der Waals surface area contributed by atoms with E-state index in [1.165, 1.54) is 11.3 Å². The number of carbonyl (C=O) groups is 1. The Labute approximate surface area is 121 Å². The smallest absolute Gasteiger partial charge is 0.273 e. The van der Waals surface area contributed by atoms with Crippen molar-refractivity contribution in [1.82, 2.24) is 10.5 Å². The topological polar surface area (TPSA) is 75.4 Å². The molecule has 1 amide bonds. The predicted molar refractivity (Wildman–Crippen MR) is 77.7 cm³/mol. The largest absolute Gasteiger partial charge is 0.396 e. The molecule has 0 saturated carbocycles. The molecule has 5 nitrogen and oxygen atoms in total. The molecule has 1 atom stereocenters. The summed E-state index contributed by atoms with van der Waals surface area (Å²) in [5, 5.41) is 17.7. The Hall–Kier alpha value is -1.66. The summed E-state index contributed by atoms with van der Waals surface area (Å²) < 4.78 is 5.19. The maximum absolute atomic E-state index is 12.2. The van der Waals surface area contributed by atoms with Gasteiger partial charge in [0.05, 0.1) is 4.88 Å². The molecule has 0 fully saturated rings. The van der Waals surface area contributed by atoms with E-state index in [0.717, 1.165) is 11.3 Å². The Bertz CT molecular complexity index is 565. The van der Waals surface area contributed by atoms with Crippen molar-refractivity contribution >= 4 is 17.2 Å². The molecule has 0 aliphatic carbocycles. The Kier molecular flexibility index (Phi) is 4.57. The lowest BCUT2D eigenvalue weighted by Crippen LogP contribution is -2.46. The molecule has 0 spiro atoms. The minimum absolute atomic E-state index is 0.0316. The molecule has 2 rings (SSSR count). The highest BCUT2D eigenvalue weighted by molar-refractivity contribution is 7.13. The van der Waals surface area contributed by atoms with Gasteiger partial charge in [0.2, 0.25) is 0 Å². The molecule has 0 aliphatic heterocycles. The van der Waals surface area contributed by atoms with Crippen LogP contribution >= 0.6 is 11.3 Å². The van der Waals surface area contributed by atoms with Crippen LogP contribution in [0.5, 0.6) is 0 Å². The van der Waals surface area contributed by atoms with Crippen LogP contribution in [0.1, 0.15) is 37.2 Å². The van der Waals surface area contributed by atoms with E-state index in [-0.39, 0.29) is 18.2 Å². The van der Waals surface area contributed by atoms with Crippen LogP contribution in [0.3, 0.4) is 0 Å². The van der Waals surface area contributed by atoms with Crippen LogP contribution in [0.25, 0.3) is 10.6 Å². The van der Waals surface area contributed by atoms with Crippen molar-refractivity contribution in [3.8, 4) is 10.6 Å². The van der Waals surface area contributed by atoms with Crippen molar-refractivity contribution in [1.29, 1.82) is 0 Å². The summed E-state index contributed by atoms with van der Waals surface area (Å²) in [5.74, 6) is 0.305. The Morgan fingerprint density at radius 2 is 2.40 bits per heavy atom. The highest BCUT2D eigenvalue weighted by atomic mass is 32.1. The van der Waals surface area contributed by atoms with Crippen LogP contribution in [0.2, 0.25) is 0 Å². The summed E-state index contributed by atoms with van der Waals surface area (Å²) in [5.41, 5.74) is -0.181. The third kappa shape index (κ3) is 3.26. The van der Waals surface area contributed by atoms with Crippen LogP contribution in [-0.2, 0) is 0 Å². The van der Waals surface area contributed by atoms with Gasteiger partial charge >= 0.3 is 0 Å². The summed E-state index contributed by atoms with van der Waals surface area (Å²) >= 11 is 1.53. The molecule has 0 aromatic carbocycles. The number of aliphatic hydroxyl groups is 1. The highest BCUT2D eigenvalue weighted by Gasteiger charge is 2.26. The average molecular weight is 294 g/mol. The van der Waals surface area contributed by atoms with Gasteiger partial charge in [-0.3, -0.25) is 4.79 Å². The molecule has 0 saturated heterocycles. The lowest BCUT2D eigenvalue weighted by molar-refractivity contribution is 0.0877. The first-order valence-corrected chi connectivity index (χ1v) is 7.40. The summed E-state index contributed by atoms with van der Waals surface area (Å²) in [6.07, 6.45) is 1.24. The predicted octanol–water partition coefficient (Wildman–Crippen LogP) is 2.68. The number of thiophene rings is 1. The van der Waals surface area contributed by atoms with Gasteiger partial charge in [0.15, 0.2) is 11.5 Å². The molecule has 20 heavy (non-hydrogen) atoms. The third-order valence-corrected chi connectivity index (χ3v) is 4.25. The third-order valence-electron chi connectivity index (χ3n) is 3.37. The monoisotopic (exact) mass is 294 g/mol. The first-order chi connectivity index (χ1) is 9.58. The van der Waals surface area contributed by atoms with Gasteiger partial charge in [0.25, 0.3) is 5.91 Å². The molecule has 2 heterocycles. The second-order valence-corrected chi connectivity index (χ2v) is 5.84. The number of carbonyl (C=O) groups excluding carboxylic acids is 1. The van der Waals surface area contributed by atoms with Gasteiger partial charge in [-0.25, -0.2) is 0 Å². The van der Waals surface area contributed by atoms with Gasteiger partial charge in [0.1, 0.15) is 0 Å². The normalized spacial score (nSPS) is 13.9. The minimum atomic E-state index is -0.437. The van der Waals surface area contributed by atoms with Crippen molar-refractivity contribution in [2.45, 2.75) is 32.2 Å². The zero-order valence-electron chi connectivity index (χ0n) is 11.5. The van der Waals surface area contributed by atoms with E-state index in [1.807, 2.05) is 31.4 Å². The van der Waals surface area contributed by atoms with E-state index in [4.69, 9.17) is 9.63 Å². The number of amides is 1. The molecule has 6 heteroatoms. The fourth-order valence-electron chi connectivity index (χ4n) is 1.83. The molecule has 2 aromatic heterocycles. The summed E-state index contributed by atoms with van der Waals surface area (Å²) in [7, 11) is 0. The van der Waals surface area contributed by atoms with E-state index in [0.29, 0.717) is 12.2 Å². The van der Waals surface area contributed by atoms with E-state index in [2.05, 4.69) is 10.5 Å². The van der Waals surface area contributed by atoms with Crippen molar-refractivity contribution < 1.29 is 14.4 Å². The second-order valence-electron chi connectivity index (χ2n) is 4.90. The molecule has 2 N–H and O–H groups in total. The minimum Gasteiger partial charge on any atom is -0.396 e. The van der Waals surface area contributed by atoms with E-state index >= 15 is 0 Å². The first-order valence-electron chi connectivity index (χ1n) is 6.52. The van der Waals surface area contributed by atoms with Crippen LogP contribution in [-0.4, -0.2) is 28.3 Å². The average Bonchev–Trinajstić information content (AvgIpc) is 3.09. The zero-order valence-corrected chi connectivity index (χ0v) is 12.4. The van der Waals surface area contributed by atoms with Gasteiger partial charge < -0.3 is 14.9 Å². The standard InChI is InChI=1S/C14H18N2O3S/c1-3-14(2,6-7-17)15-13(18)10-9-11(19-16-10)12-5-4-8-20-12/h4-5,8-9,17H,3,6-7H2,1-2H3,(H,15,18). The van der Waals surface area contributed by atoms with Crippen molar-refractivity contribution in [3.63, 3.8) is 0 Å². The molecule has 1 unspecified atom stereocenters. The second kappa shape index (κ2) is 6.19.